The molecule has 0 radical (unpaired) electrons. The zero-order chi connectivity index (χ0) is 16.3. The van der Waals surface area contributed by atoms with Gasteiger partial charge in [0.15, 0.2) is 12.6 Å². The van der Waals surface area contributed by atoms with Gasteiger partial charge in [0.05, 0.1) is 6.10 Å². The van der Waals surface area contributed by atoms with E-state index in [1.54, 1.807) is 6.08 Å². The second-order valence-electron chi connectivity index (χ2n) is 6.81. The van der Waals surface area contributed by atoms with Crippen molar-refractivity contribution in [2.75, 3.05) is 0 Å². The minimum absolute atomic E-state index is 0.0296. The number of allylic oxidation sites excluding steroid dienone is 1. The number of ether oxygens (including phenoxy) is 4. The Morgan fingerprint density at radius 3 is 2.82 bits per heavy atom. The standard InChI is InChI=1S/C16H26O6/c1-10(7-5-6-8-13(18)22-16(2,3)4)19-14-11(17)9-12-15(20-12)21-14/h6,8,10-12,14-15,17H,5,7,9H2,1-4H3/b8-6+/t10-,11+,12-,14?,15?/m1/s1. The van der Waals surface area contributed by atoms with Crippen LogP contribution in [0.4, 0.5) is 0 Å². The van der Waals surface area contributed by atoms with Crippen LogP contribution in [0.2, 0.25) is 0 Å². The van der Waals surface area contributed by atoms with E-state index in [0.717, 1.165) is 6.42 Å². The van der Waals surface area contributed by atoms with E-state index < -0.39 is 18.0 Å². The number of esters is 1. The van der Waals surface area contributed by atoms with E-state index >= 15 is 0 Å². The van der Waals surface area contributed by atoms with Crippen LogP contribution in [0, 0.1) is 0 Å². The summed E-state index contributed by atoms with van der Waals surface area (Å²) in [5, 5.41) is 9.86. The van der Waals surface area contributed by atoms with Gasteiger partial charge in [0.2, 0.25) is 0 Å². The fraction of sp³-hybridized carbons (Fsp3) is 0.812. The fourth-order valence-corrected chi connectivity index (χ4v) is 2.25. The van der Waals surface area contributed by atoms with Crippen molar-refractivity contribution >= 4 is 5.97 Å². The summed E-state index contributed by atoms with van der Waals surface area (Å²) >= 11 is 0. The molecule has 0 spiro atoms. The average molecular weight is 314 g/mol. The van der Waals surface area contributed by atoms with Crippen LogP contribution in [0.25, 0.3) is 0 Å². The van der Waals surface area contributed by atoms with Crippen LogP contribution < -0.4 is 0 Å². The van der Waals surface area contributed by atoms with Crippen LogP contribution in [0.3, 0.4) is 0 Å². The second kappa shape index (κ2) is 7.08. The lowest BCUT2D eigenvalue weighted by molar-refractivity contribution is -0.238. The molecule has 0 bridgehead atoms. The first-order chi connectivity index (χ1) is 10.2. The Bertz CT molecular complexity index is 413. The first kappa shape index (κ1) is 17.4. The van der Waals surface area contributed by atoms with Gasteiger partial charge in [-0.2, -0.15) is 0 Å². The Labute approximate surface area is 131 Å². The highest BCUT2D eigenvalue weighted by Crippen LogP contribution is 2.36. The van der Waals surface area contributed by atoms with Crippen LogP contribution in [0.15, 0.2) is 12.2 Å². The molecule has 2 unspecified atom stereocenters. The minimum Gasteiger partial charge on any atom is -0.457 e. The lowest BCUT2D eigenvalue weighted by Gasteiger charge is -2.28. The summed E-state index contributed by atoms with van der Waals surface area (Å²) in [6.07, 6.45) is 3.62. The number of hydrogen-bond acceptors (Lipinski definition) is 6. The van der Waals surface area contributed by atoms with Crippen molar-refractivity contribution in [3.63, 3.8) is 0 Å². The van der Waals surface area contributed by atoms with E-state index in [-0.39, 0.29) is 24.5 Å². The Hall–Kier alpha value is -0.950. The summed E-state index contributed by atoms with van der Waals surface area (Å²) in [7, 11) is 0. The SMILES string of the molecule is C[C@H](CC/C=C/C(=O)OC(C)(C)C)OC1OC2O[C@@H]2C[C@@H]1O. The largest absolute Gasteiger partial charge is 0.457 e. The van der Waals surface area contributed by atoms with Crippen molar-refractivity contribution in [1.29, 1.82) is 0 Å². The fourth-order valence-electron chi connectivity index (χ4n) is 2.25. The molecule has 0 aromatic carbocycles. The van der Waals surface area contributed by atoms with Gasteiger partial charge in [-0.05, 0) is 40.5 Å². The molecule has 0 aliphatic carbocycles. The molecule has 2 aliphatic rings. The summed E-state index contributed by atoms with van der Waals surface area (Å²) in [5.41, 5.74) is -0.477. The molecule has 2 fully saturated rings. The summed E-state index contributed by atoms with van der Waals surface area (Å²) in [5.74, 6) is -0.343. The Balaban J connectivity index is 1.63. The molecule has 0 saturated carbocycles. The third-order valence-corrected chi connectivity index (χ3v) is 3.36. The number of fused-ring (bicyclic) bond motifs is 1. The smallest absolute Gasteiger partial charge is 0.330 e. The van der Waals surface area contributed by atoms with Gasteiger partial charge in [0.1, 0.15) is 17.8 Å². The third kappa shape index (κ3) is 5.68. The van der Waals surface area contributed by atoms with Gasteiger partial charge < -0.3 is 24.1 Å². The maximum absolute atomic E-state index is 11.5. The molecule has 1 N–H and O–H groups in total. The molecular weight excluding hydrogens is 288 g/mol. The van der Waals surface area contributed by atoms with Crippen LogP contribution in [-0.4, -0.2) is 47.6 Å². The molecule has 2 heterocycles. The van der Waals surface area contributed by atoms with Gasteiger partial charge >= 0.3 is 5.97 Å². The maximum atomic E-state index is 11.5. The van der Waals surface area contributed by atoms with Gasteiger partial charge in [0, 0.05) is 12.5 Å². The Kier molecular flexibility index (Phi) is 5.60. The van der Waals surface area contributed by atoms with Crippen molar-refractivity contribution in [3.8, 4) is 0 Å². The van der Waals surface area contributed by atoms with E-state index in [9.17, 15) is 9.90 Å². The van der Waals surface area contributed by atoms with Crippen LogP contribution in [0.5, 0.6) is 0 Å². The zero-order valence-corrected chi connectivity index (χ0v) is 13.7. The quantitative estimate of drug-likeness (QED) is 0.458. The lowest BCUT2D eigenvalue weighted by Crippen LogP contribution is -2.40. The predicted octanol–water partition coefficient (Wildman–Crippen LogP) is 1.90. The number of aliphatic hydroxyl groups is 1. The number of epoxide rings is 1. The van der Waals surface area contributed by atoms with E-state index in [4.69, 9.17) is 18.9 Å². The number of rotatable bonds is 6. The van der Waals surface area contributed by atoms with Gasteiger partial charge in [0.25, 0.3) is 0 Å². The molecule has 2 aliphatic heterocycles. The normalized spacial score (nSPS) is 32.6. The van der Waals surface area contributed by atoms with Crippen molar-refractivity contribution in [1.82, 2.24) is 0 Å². The lowest BCUT2D eigenvalue weighted by atomic mass is 10.1. The van der Waals surface area contributed by atoms with E-state index in [1.165, 1.54) is 6.08 Å². The number of hydrogen-bond donors (Lipinski definition) is 1. The highest BCUT2D eigenvalue weighted by molar-refractivity contribution is 5.82. The molecule has 0 aromatic rings. The molecule has 0 aromatic heterocycles. The molecule has 5 atom stereocenters. The molecule has 126 valence electrons. The van der Waals surface area contributed by atoms with E-state index in [1.807, 2.05) is 27.7 Å². The predicted molar refractivity (Wildman–Crippen MR) is 78.9 cm³/mol. The van der Waals surface area contributed by atoms with Crippen LogP contribution in [-0.2, 0) is 23.7 Å². The molecule has 22 heavy (non-hydrogen) atoms. The molecule has 2 saturated heterocycles. The van der Waals surface area contributed by atoms with Gasteiger partial charge in [-0.25, -0.2) is 4.79 Å². The van der Waals surface area contributed by atoms with Crippen molar-refractivity contribution < 1.29 is 28.8 Å². The topological polar surface area (TPSA) is 77.5 Å². The summed E-state index contributed by atoms with van der Waals surface area (Å²) in [6.45, 7) is 7.41. The van der Waals surface area contributed by atoms with Crippen LogP contribution >= 0.6 is 0 Å². The maximum Gasteiger partial charge on any atom is 0.330 e. The third-order valence-electron chi connectivity index (χ3n) is 3.36. The van der Waals surface area contributed by atoms with Crippen molar-refractivity contribution in [2.45, 2.75) is 83.5 Å². The van der Waals surface area contributed by atoms with Crippen molar-refractivity contribution in [2.24, 2.45) is 0 Å². The molecule has 0 amide bonds. The zero-order valence-electron chi connectivity index (χ0n) is 13.7. The second-order valence-corrected chi connectivity index (χ2v) is 6.81. The molecule has 2 rings (SSSR count). The number of carbonyl (C=O) groups excluding carboxylic acids is 1. The monoisotopic (exact) mass is 314 g/mol. The molecule has 6 heteroatoms. The average Bonchev–Trinajstić information content (AvgIpc) is 3.10. The van der Waals surface area contributed by atoms with Gasteiger partial charge in [-0.3, -0.25) is 0 Å². The first-order valence-corrected chi connectivity index (χ1v) is 7.78. The molecule has 6 nitrogen and oxygen atoms in total. The summed E-state index contributed by atoms with van der Waals surface area (Å²) in [4.78, 5) is 11.5. The van der Waals surface area contributed by atoms with Gasteiger partial charge in [-0.15, -0.1) is 0 Å². The molecular formula is C16H26O6. The summed E-state index contributed by atoms with van der Waals surface area (Å²) in [6, 6.07) is 0. The minimum atomic E-state index is -0.650. The highest BCUT2D eigenvalue weighted by atomic mass is 16.8. The van der Waals surface area contributed by atoms with Crippen LogP contribution in [0.1, 0.15) is 47.0 Å². The number of carbonyl (C=O) groups is 1. The Morgan fingerprint density at radius 2 is 2.14 bits per heavy atom. The first-order valence-electron chi connectivity index (χ1n) is 7.78. The van der Waals surface area contributed by atoms with E-state index in [2.05, 4.69) is 0 Å². The highest BCUT2D eigenvalue weighted by Gasteiger charge is 2.50. The number of aliphatic hydroxyl groups excluding tert-OH is 1. The van der Waals surface area contributed by atoms with E-state index in [0.29, 0.717) is 12.8 Å². The Morgan fingerprint density at radius 1 is 1.41 bits per heavy atom. The summed E-state index contributed by atoms with van der Waals surface area (Å²) < 4.78 is 21.5. The van der Waals surface area contributed by atoms with Crippen molar-refractivity contribution in [3.05, 3.63) is 12.2 Å². The van der Waals surface area contributed by atoms with Gasteiger partial charge in [-0.1, -0.05) is 6.08 Å².